The molecule has 94 valence electrons. The van der Waals surface area contributed by atoms with Gasteiger partial charge in [-0.15, -0.1) is 0 Å². The second kappa shape index (κ2) is 7.09. The van der Waals surface area contributed by atoms with E-state index < -0.39 is 6.10 Å². The van der Waals surface area contributed by atoms with Crippen molar-refractivity contribution in [2.75, 3.05) is 20.2 Å². The van der Waals surface area contributed by atoms with Gasteiger partial charge in [0.15, 0.2) is 5.11 Å². The number of methoxy groups -OCH3 is 1. The Morgan fingerprint density at radius 3 is 2.76 bits per heavy atom. The van der Waals surface area contributed by atoms with Crippen LogP contribution in [-0.4, -0.2) is 30.4 Å². The molecular formula is C12H18N2O2S. The number of benzene rings is 1. The third-order valence-corrected chi connectivity index (χ3v) is 2.58. The van der Waals surface area contributed by atoms with Gasteiger partial charge >= 0.3 is 0 Å². The van der Waals surface area contributed by atoms with Crippen LogP contribution in [0.3, 0.4) is 0 Å². The zero-order chi connectivity index (χ0) is 12.7. The lowest BCUT2D eigenvalue weighted by molar-refractivity contribution is 0.176. The predicted molar refractivity (Wildman–Crippen MR) is 72.2 cm³/mol. The molecule has 1 rings (SSSR count). The molecule has 0 bridgehead atoms. The number of hydrogen-bond donors (Lipinski definition) is 3. The molecule has 5 heteroatoms. The number of ether oxygens (including phenoxy) is 1. The highest BCUT2D eigenvalue weighted by Crippen LogP contribution is 2.23. The molecule has 0 saturated heterocycles. The van der Waals surface area contributed by atoms with Crippen molar-refractivity contribution in [3.8, 4) is 5.75 Å². The zero-order valence-electron chi connectivity index (χ0n) is 10.1. The number of nitrogens with one attached hydrogen (secondary N) is 2. The Balaban J connectivity index is 2.57. The van der Waals surface area contributed by atoms with Crippen molar-refractivity contribution in [1.29, 1.82) is 0 Å². The van der Waals surface area contributed by atoms with Crippen LogP contribution in [0.1, 0.15) is 18.6 Å². The Labute approximate surface area is 107 Å². The third-order valence-electron chi connectivity index (χ3n) is 2.29. The molecular weight excluding hydrogens is 236 g/mol. The molecule has 1 aromatic carbocycles. The number of aliphatic hydroxyl groups is 1. The van der Waals surface area contributed by atoms with Gasteiger partial charge in [0.2, 0.25) is 0 Å². The summed E-state index contributed by atoms with van der Waals surface area (Å²) in [6, 6.07) is 7.39. The second-order valence-electron chi connectivity index (χ2n) is 3.50. The van der Waals surface area contributed by atoms with Gasteiger partial charge in [0.1, 0.15) is 5.75 Å². The van der Waals surface area contributed by atoms with Crippen LogP contribution < -0.4 is 15.4 Å². The van der Waals surface area contributed by atoms with Gasteiger partial charge in [0.25, 0.3) is 0 Å². The standard InChI is InChI=1S/C12H18N2O2S/c1-3-13-12(17)14-8-10(15)9-6-4-5-7-11(9)16-2/h4-7,10,15H,3,8H2,1-2H3,(H2,13,14,17). The van der Waals surface area contributed by atoms with Crippen molar-refractivity contribution in [1.82, 2.24) is 10.6 Å². The summed E-state index contributed by atoms with van der Waals surface area (Å²) in [5.41, 5.74) is 0.752. The molecule has 0 fully saturated rings. The highest BCUT2D eigenvalue weighted by Gasteiger charge is 2.12. The third kappa shape index (κ3) is 4.20. The smallest absolute Gasteiger partial charge is 0.166 e. The van der Waals surface area contributed by atoms with Gasteiger partial charge in [-0.05, 0) is 25.2 Å². The van der Waals surface area contributed by atoms with Crippen molar-refractivity contribution in [3.63, 3.8) is 0 Å². The molecule has 0 heterocycles. The fraction of sp³-hybridized carbons (Fsp3) is 0.417. The predicted octanol–water partition coefficient (Wildman–Crippen LogP) is 1.21. The molecule has 1 unspecified atom stereocenters. The van der Waals surface area contributed by atoms with Crippen molar-refractivity contribution in [2.24, 2.45) is 0 Å². The van der Waals surface area contributed by atoms with E-state index in [1.807, 2.05) is 31.2 Å². The minimum Gasteiger partial charge on any atom is -0.496 e. The molecule has 4 nitrogen and oxygen atoms in total. The average molecular weight is 254 g/mol. The number of thiocarbonyl (C=S) groups is 1. The first-order valence-electron chi connectivity index (χ1n) is 5.51. The number of rotatable bonds is 5. The fourth-order valence-corrected chi connectivity index (χ4v) is 1.69. The Hall–Kier alpha value is -1.33. The second-order valence-corrected chi connectivity index (χ2v) is 3.91. The molecule has 0 aromatic heterocycles. The SMILES string of the molecule is CCNC(=S)NCC(O)c1ccccc1OC. The average Bonchev–Trinajstić information content (AvgIpc) is 2.36. The van der Waals surface area contributed by atoms with Crippen LogP contribution in [0.4, 0.5) is 0 Å². The molecule has 0 aliphatic rings. The molecule has 17 heavy (non-hydrogen) atoms. The number of aliphatic hydroxyl groups excluding tert-OH is 1. The zero-order valence-corrected chi connectivity index (χ0v) is 10.9. The lowest BCUT2D eigenvalue weighted by Crippen LogP contribution is -2.37. The quantitative estimate of drug-likeness (QED) is 0.690. The Morgan fingerprint density at radius 2 is 2.12 bits per heavy atom. The molecule has 0 aliphatic carbocycles. The summed E-state index contributed by atoms with van der Waals surface area (Å²) in [5, 5.41) is 16.5. The van der Waals surface area contributed by atoms with Crippen molar-refractivity contribution in [3.05, 3.63) is 29.8 Å². The summed E-state index contributed by atoms with van der Waals surface area (Å²) in [4.78, 5) is 0. The number of hydrogen-bond acceptors (Lipinski definition) is 3. The first-order valence-corrected chi connectivity index (χ1v) is 5.92. The molecule has 1 aromatic rings. The van der Waals surface area contributed by atoms with Crippen LogP contribution in [0.15, 0.2) is 24.3 Å². The van der Waals surface area contributed by atoms with Crippen molar-refractivity contribution in [2.45, 2.75) is 13.0 Å². The van der Waals surface area contributed by atoms with Crippen LogP contribution in [0.2, 0.25) is 0 Å². The number of para-hydroxylation sites is 1. The molecule has 0 radical (unpaired) electrons. The van der Waals surface area contributed by atoms with E-state index in [0.29, 0.717) is 17.4 Å². The van der Waals surface area contributed by atoms with Crippen LogP contribution in [-0.2, 0) is 0 Å². The van der Waals surface area contributed by atoms with Gasteiger partial charge in [-0.25, -0.2) is 0 Å². The molecule has 0 amide bonds. The Kier molecular flexibility index (Phi) is 5.72. The lowest BCUT2D eigenvalue weighted by Gasteiger charge is -2.16. The molecule has 0 saturated carbocycles. The van der Waals surface area contributed by atoms with E-state index in [1.165, 1.54) is 0 Å². The minimum absolute atomic E-state index is 0.353. The van der Waals surface area contributed by atoms with Crippen LogP contribution in [0.25, 0.3) is 0 Å². The Bertz CT molecular complexity index is 371. The maximum Gasteiger partial charge on any atom is 0.166 e. The van der Waals surface area contributed by atoms with E-state index in [0.717, 1.165) is 12.1 Å². The minimum atomic E-state index is -0.650. The summed E-state index contributed by atoms with van der Waals surface area (Å²) in [5.74, 6) is 0.677. The van der Waals surface area contributed by atoms with Crippen LogP contribution in [0, 0.1) is 0 Å². The topological polar surface area (TPSA) is 53.5 Å². The maximum atomic E-state index is 10.0. The van der Waals surface area contributed by atoms with E-state index in [9.17, 15) is 5.11 Å². The van der Waals surface area contributed by atoms with E-state index in [-0.39, 0.29) is 0 Å². The van der Waals surface area contributed by atoms with Gasteiger partial charge in [-0.2, -0.15) is 0 Å². The molecule has 0 spiro atoms. The maximum absolute atomic E-state index is 10.0. The Morgan fingerprint density at radius 1 is 1.41 bits per heavy atom. The van der Waals surface area contributed by atoms with E-state index in [2.05, 4.69) is 10.6 Å². The van der Waals surface area contributed by atoms with Gasteiger partial charge in [0.05, 0.1) is 13.2 Å². The normalized spacial score (nSPS) is 11.7. The highest BCUT2D eigenvalue weighted by molar-refractivity contribution is 7.80. The van der Waals surface area contributed by atoms with Crippen molar-refractivity contribution < 1.29 is 9.84 Å². The fourth-order valence-electron chi connectivity index (χ4n) is 1.46. The monoisotopic (exact) mass is 254 g/mol. The first kappa shape index (κ1) is 13.7. The molecule has 1 atom stereocenters. The molecule has 3 N–H and O–H groups in total. The first-order chi connectivity index (χ1) is 8.19. The van der Waals surface area contributed by atoms with Gasteiger partial charge in [0, 0.05) is 18.7 Å². The van der Waals surface area contributed by atoms with Crippen LogP contribution >= 0.6 is 12.2 Å². The van der Waals surface area contributed by atoms with Gasteiger partial charge in [-0.3, -0.25) is 0 Å². The van der Waals surface area contributed by atoms with Crippen LogP contribution in [0.5, 0.6) is 5.75 Å². The van der Waals surface area contributed by atoms with Crippen molar-refractivity contribution >= 4 is 17.3 Å². The summed E-state index contributed by atoms with van der Waals surface area (Å²) in [7, 11) is 1.59. The summed E-state index contributed by atoms with van der Waals surface area (Å²) in [6.07, 6.45) is -0.650. The molecule has 0 aliphatic heterocycles. The van der Waals surface area contributed by atoms with Gasteiger partial charge in [-0.1, -0.05) is 18.2 Å². The summed E-state index contributed by atoms with van der Waals surface area (Å²) in [6.45, 7) is 3.08. The summed E-state index contributed by atoms with van der Waals surface area (Å²) >= 11 is 5.02. The van der Waals surface area contributed by atoms with E-state index in [1.54, 1.807) is 7.11 Å². The lowest BCUT2D eigenvalue weighted by atomic mass is 10.1. The highest BCUT2D eigenvalue weighted by atomic mass is 32.1. The summed E-state index contributed by atoms with van der Waals surface area (Å²) < 4.78 is 5.18. The largest absolute Gasteiger partial charge is 0.496 e. The van der Waals surface area contributed by atoms with Gasteiger partial charge < -0.3 is 20.5 Å². The van der Waals surface area contributed by atoms with E-state index >= 15 is 0 Å². The van der Waals surface area contributed by atoms with E-state index in [4.69, 9.17) is 17.0 Å².